The second-order valence-corrected chi connectivity index (χ2v) is 7.21. The van der Waals surface area contributed by atoms with E-state index in [1.54, 1.807) is 21.3 Å². The minimum atomic E-state index is -0.159. The first-order valence-electron chi connectivity index (χ1n) is 10.0. The van der Waals surface area contributed by atoms with Gasteiger partial charge in [0.2, 0.25) is 0 Å². The first-order valence-corrected chi connectivity index (χ1v) is 10.0. The maximum atomic E-state index is 6.30. The number of hydrogen-bond donors (Lipinski definition) is 0. The Morgan fingerprint density at radius 1 is 0.800 bits per heavy atom. The van der Waals surface area contributed by atoms with Crippen molar-refractivity contribution in [3.05, 3.63) is 89.5 Å². The lowest BCUT2D eigenvalue weighted by Crippen LogP contribution is -2.27. The van der Waals surface area contributed by atoms with Gasteiger partial charge in [-0.1, -0.05) is 60.7 Å². The van der Waals surface area contributed by atoms with Gasteiger partial charge in [-0.25, -0.2) is 0 Å². The molecule has 0 bridgehead atoms. The fraction of sp³-hybridized carbons (Fsp3) is 0.280. The van der Waals surface area contributed by atoms with E-state index in [2.05, 4.69) is 41.3 Å². The third-order valence-electron chi connectivity index (χ3n) is 5.54. The fourth-order valence-electron chi connectivity index (χ4n) is 4.01. The lowest BCUT2D eigenvalue weighted by atomic mass is 10.0. The monoisotopic (exact) mass is 405 g/mol. The van der Waals surface area contributed by atoms with E-state index in [4.69, 9.17) is 18.9 Å². The van der Waals surface area contributed by atoms with Crippen molar-refractivity contribution in [1.29, 1.82) is 0 Å². The molecule has 0 aromatic heterocycles. The molecular formula is C25H27NO4. The van der Waals surface area contributed by atoms with Crippen LogP contribution in [-0.4, -0.2) is 32.8 Å². The zero-order valence-electron chi connectivity index (χ0n) is 17.6. The Morgan fingerprint density at radius 3 is 1.90 bits per heavy atom. The molecule has 1 heterocycles. The van der Waals surface area contributed by atoms with E-state index in [-0.39, 0.29) is 12.3 Å². The van der Waals surface area contributed by atoms with Gasteiger partial charge in [-0.2, -0.15) is 0 Å². The summed E-state index contributed by atoms with van der Waals surface area (Å²) in [6.45, 7) is 1.22. The van der Waals surface area contributed by atoms with E-state index in [9.17, 15) is 0 Å². The van der Waals surface area contributed by atoms with E-state index in [1.807, 2.05) is 36.4 Å². The van der Waals surface area contributed by atoms with Gasteiger partial charge in [0, 0.05) is 18.7 Å². The van der Waals surface area contributed by atoms with Crippen LogP contribution >= 0.6 is 0 Å². The summed E-state index contributed by atoms with van der Waals surface area (Å²) < 4.78 is 23.1. The average Bonchev–Trinajstić information content (AvgIpc) is 3.23. The van der Waals surface area contributed by atoms with Gasteiger partial charge in [-0.15, -0.1) is 0 Å². The molecule has 5 heteroatoms. The molecule has 0 amide bonds. The summed E-state index contributed by atoms with van der Waals surface area (Å²) in [5.41, 5.74) is 3.32. The van der Waals surface area contributed by atoms with Crippen molar-refractivity contribution < 1.29 is 18.9 Å². The van der Waals surface area contributed by atoms with E-state index in [0.29, 0.717) is 18.9 Å². The van der Waals surface area contributed by atoms with Crippen LogP contribution in [0.4, 0.5) is 0 Å². The van der Waals surface area contributed by atoms with Crippen LogP contribution in [0.5, 0.6) is 17.2 Å². The van der Waals surface area contributed by atoms with Crippen LogP contribution in [0, 0.1) is 0 Å². The van der Waals surface area contributed by atoms with Crippen LogP contribution in [-0.2, 0) is 11.3 Å². The number of nitrogens with zero attached hydrogens (tertiary/aromatic N) is 1. The first-order chi connectivity index (χ1) is 14.7. The molecule has 0 saturated carbocycles. The van der Waals surface area contributed by atoms with Gasteiger partial charge in [0.1, 0.15) is 23.5 Å². The fourth-order valence-corrected chi connectivity index (χ4v) is 4.01. The second-order valence-electron chi connectivity index (χ2n) is 7.21. The van der Waals surface area contributed by atoms with E-state index < -0.39 is 0 Å². The minimum absolute atomic E-state index is 0.118. The normalized spacial score (nSPS) is 18.9. The smallest absolute Gasteiger partial charge is 0.137 e. The molecule has 1 saturated heterocycles. The minimum Gasteiger partial charge on any atom is -0.496 e. The Hall–Kier alpha value is -3.02. The van der Waals surface area contributed by atoms with Crippen molar-refractivity contribution in [2.24, 2.45) is 0 Å². The lowest BCUT2D eigenvalue weighted by Gasteiger charge is -2.30. The van der Waals surface area contributed by atoms with Crippen LogP contribution < -0.4 is 14.2 Å². The highest BCUT2D eigenvalue weighted by atomic mass is 16.5. The van der Waals surface area contributed by atoms with E-state index in [0.717, 1.165) is 22.6 Å². The number of hydrogen-bond acceptors (Lipinski definition) is 5. The molecule has 1 fully saturated rings. The van der Waals surface area contributed by atoms with Gasteiger partial charge in [-0.05, 0) is 11.1 Å². The third-order valence-corrected chi connectivity index (χ3v) is 5.54. The molecule has 0 N–H and O–H groups in total. The van der Waals surface area contributed by atoms with E-state index >= 15 is 0 Å². The quantitative estimate of drug-likeness (QED) is 0.554. The molecule has 0 unspecified atom stereocenters. The Balaban J connectivity index is 1.76. The number of ether oxygens (including phenoxy) is 4. The summed E-state index contributed by atoms with van der Waals surface area (Å²) in [6.07, 6.45) is -0.159. The summed E-state index contributed by atoms with van der Waals surface area (Å²) in [6, 6.07) is 24.7. The highest BCUT2D eigenvalue weighted by Gasteiger charge is 2.37. The SMILES string of the molecule is COc1cc(OC)c(CN2[C@@H](c3ccccc3)OC[C@H]2c2ccccc2)c(OC)c1. The molecular weight excluding hydrogens is 378 g/mol. The Kier molecular flexibility index (Phi) is 6.21. The van der Waals surface area contributed by atoms with Crippen LogP contribution in [0.1, 0.15) is 29.0 Å². The van der Waals surface area contributed by atoms with Crippen molar-refractivity contribution in [1.82, 2.24) is 4.90 Å². The van der Waals surface area contributed by atoms with Crippen molar-refractivity contribution in [2.75, 3.05) is 27.9 Å². The van der Waals surface area contributed by atoms with Gasteiger partial charge in [0.15, 0.2) is 0 Å². The number of methoxy groups -OCH3 is 3. The van der Waals surface area contributed by atoms with Gasteiger partial charge < -0.3 is 18.9 Å². The van der Waals surface area contributed by atoms with Crippen molar-refractivity contribution in [2.45, 2.75) is 18.8 Å². The Morgan fingerprint density at radius 2 is 1.37 bits per heavy atom. The molecule has 0 aliphatic carbocycles. The molecule has 156 valence electrons. The second kappa shape index (κ2) is 9.20. The van der Waals surface area contributed by atoms with Crippen LogP contribution in [0.25, 0.3) is 0 Å². The van der Waals surface area contributed by atoms with Gasteiger partial charge in [-0.3, -0.25) is 4.90 Å². The summed E-state index contributed by atoms with van der Waals surface area (Å²) in [7, 11) is 4.97. The van der Waals surface area contributed by atoms with Crippen molar-refractivity contribution in [3.63, 3.8) is 0 Å². The molecule has 2 atom stereocenters. The zero-order chi connectivity index (χ0) is 20.9. The molecule has 4 rings (SSSR count). The van der Waals surface area contributed by atoms with E-state index in [1.165, 1.54) is 5.56 Å². The molecule has 3 aromatic rings. The molecule has 0 radical (unpaired) electrons. The maximum Gasteiger partial charge on any atom is 0.137 e. The zero-order valence-corrected chi connectivity index (χ0v) is 17.6. The molecule has 3 aromatic carbocycles. The predicted molar refractivity (Wildman–Crippen MR) is 116 cm³/mol. The highest BCUT2D eigenvalue weighted by molar-refractivity contribution is 5.51. The van der Waals surface area contributed by atoms with Gasteiger partial charge in [0.25, 0.3) is 0 Å². The largest absolute Gasteiger partial charge is 0.496 e. The average molecular weight is 405 g/mol. The Bertz CT molecular complexity index is 889. The van der Waals surface area contributed by atoms with Crippen molar-refractivity contribution in [3.8, 4) is 17.2 Å². The lowest BCUT2D eigenvalue weighted by molar-refractivity contribution is 0.0239. The number of rotatable bonds is 7. The summed E-state index contributed by atoms with van der Waals surface area (Å²) >= 11 is 0. The van der Waals surface area contributed by atoms with Crippen LogP contribution in [0.3, 0.4) is 0 Å². The summed E-state index contributed by atoms with van der Waals surface area (Å²) in [5, 5.41) is 0. The standard InChI is InChI=1S/C25H27NO4/c1-27-20-14-23(28-2)21(24(15-20)29-3)16-26-22(18-10-6-4-7-11-18)17-30-25(26)19-12-8-5-9-13-19/h4-15,22,25H,16-17H2,1-3H3/t22-,25+/m0/s1. The van der Waals surface area contributed by atoms with Gasteiger partial charge in [0.05, 0.1) is 39.5 Å². The number of benzene rings is 3. The third kappa shape index (κ3) is 3.99. The predicted octanol–water partition coefficient (Wildman–Crippen LogP) is 4.98. The maximum absolute atomic E-state index is 6.30. The van der Waals surface area contributed by atoms with Crippen molar-refractivity contribution >= 4 is 0 Å². The Labute approximate surface area is 177 Å². The molecule has 30 heavy (non-hydrogen) atoms. The summed E-state index contributed by atoms with van der Waals surface area (Å²) in [5.74, 6) is 2.16. The summed E-state index contributed by atoms with van der Waals surface area (Å²) in [4.78, 5) is 2.36. The molecule has 0 spiro atoms. The van der Waals surface area contributed by atoms with Crippen LogP contribution in [0.15, 0.2) is 72.8 Å². The first kappa shape index (κ1) is 20.3. The molecule has 1 aliphatic heterocycles. The topological polar surface area (TPSA) is 40.2 Å². The molecule has 1 aliphatic rings. The van der Waals surface area contributed by atoms with Crippen LogP contribution in [0.2, 0.25) is 0 Å². The van der Waals surface area contributed by atoms with Gasteiger partial charge >= 0.3 is 0 Å². The highest BCUT2D eigenvalue weighted by Crippen LogP contribution is 2.43. The molecule has 5 nitrogen and oxygen atoms in total.